The minimum Gasteiger partial charge on any atom is -0.350 e. The SMILES string of the molecule is CN(C)C1(CNC(=O)c2ccc[nH]c2=O)Cc2ccccc2C1. The van der Waals surface area contributed by atoms with Gasteiger partial charge in [-0.05, 0) is 50.2 Å². The molecule has 2 N–H and O–H groups in total. The van der Waals surface area contributed by atoms with Crippen LogP contribution in [0, 0.1) is 0 Å². The van der Waals surface area contributed by atoms with Crippen LogP contribution in [0.1, 0.15) is 21.5 Å². The molecule has 1 aromatic heterocycles. The van der Waals surface area contributed by atoms with Crippen molar-refractivity contribution < 1.29 is 4.79 Å². The fraction of sp³-hybridized carbons (Fsp3) is 0.333. The Kier molecular flexibility index (Phi) is 4.05. The Labute approximate surface area is 135 Å². The number of likely N-dealkylation sites (N-methyl/N-ethyl adjacent to an activating group) is 1. The lowest BCUT2D eigenvalue weighted by molar-refractivity contribution is 0.0901. The maximum Gasteiger partial charge on any atom is 0.260 e. The topological polar surface area (TPSA) is 65.2 Å². The van der Waals surface area contributed by atoms with Gasteiger partial charge in [0.2, 0.25) is 0 Å². The van der Waals surface area contributed by atoms with Crippen molar-refractivity contribution in [1.82, 2.24) is 15.2 Å². The first-order chi connectivity index (χ1) is 11.0. The molecule has 0 saturated carbocycles. The number of fused-ring (bicyclic) bond motifs is 1. The maximum atomic E-state index is 12.3. The zero-order valence-electron chi connectivity index (χ0n) is 13.4. The number of carbonyl (C=O) groups excluding carboxylic acids is 1. The molecule has 0 atom stereocenters. The first kappa shape index (κ1) is 15.5. The summed E-state index contributed by atoms with van der Waals surface area (Å²) < 4.78 is 0. The monoisotopic (exact) mass is 311 g/mol. The van der Waals surface area contributed by atoms with Gasteiger partial charge in [-0.15, -0.1) is 0 Å². The number of hydrogen-bond acceptors (Lipinski definition) is 3. The molecule has 120 valence electrons. The van der Waals surface area contributed by atoms with Gasteiger partial charge >= 0.3 is 0 Å². The van der Waals surface area contributed by atoms with Crippen LogP contribution >= 0.6 is 0 Å². The van der Waals surface area contributed by atoms with E-state index in [4.69, 9.17) is 0 Å². The smallest absolute Gasteiger partial charge is 0.260 e. The lowest BCUT2D eigenvalue weighted by Crippen LogP contribution is -2.54. The van der Waals surface area contributed by atoms with Crippen molar-refractivity contribution >= 4 is 5.91 Å². The molecule has 0 spiro atoms. The van der Waals surface area contributed by atoms with Crippen LogP contribution in [-0.4, -0.2) is 42.0 Å². The van der Waals surface area contributed by atoms with E-state index < -0.39 is 0 Å². The van der Waals surface area contributed by atoms with Crippen LogP contribution in [-0.2, 0) is 12.8 Å². The molecule has 3 rings (SSSR count). The molecule has 0 aliphatic heterocycles. The Hall–Kier alpha value is -2.40. The van der Waals surface area contributed by atoms with Gasteiger partial charge in [-0.2, -0.15) is 0 Å². The van der Waals surface area contributed by atoms with Gasteiger partial charge in [0.1, 0.15) is 5.56 Å². The van der Waals surface area contributed by atoms with Crippen LogP contribution in [0.25, 0.3) is 0 Å². The molecule has 23 heavy (non-hydrogen) atoms. The van der Waals surface area contributed by atoms with Crippen molar-refractivity contribution in [3.8, 4) is 0 Å². The number of benzene rings is 1. The predicted molar refractivity (Wildman–Crippen MR) is 89.7 cm³/mol. The van der Waals surface area contributed by atoms with Crippen LogP contribution in [0.15, 0.2) is 47.4 Å². The molecule has 5 heteroatoms. The number of hydrogen-bond donors (Lipinski definition) is 2. The molecule has 1 amide bonds. The van der Waals surface area contributed by atoms with Gasteiger partial charge in [0.25, 0.3) is 11.5 Å². The minimum absolute atomic E-state index is 0.150. The highest BCUT2D eigenvalue weighted by atomic mass is 16.2. The molecule has 0 radical (unpaired) electrons. The first-order valence-electron chi connectivity index (χ1n) is 7.72. The molecular formula is C18H21N3O2. The number of nitrogens with zero attached hydrogens (tertiary/aromatic N) is 1. The highest BCUT2D eigenvalue weighted by molar-refractivity contribution is 5.93. The third-order valence-corrected chi connectivity index (χ3v) is 4.75. The van der Waals surface area contributed by atoms with Crippen molar-refractivity contribution in [1.29, 1.82) is 0 Å². The van der Waals surface area contributed by atoms with Gasteiger partial charge < -0.3 is 15.2 Å². The van der Waals surface area contributed by atoms with Crippen molar-refractivity contribution in [3.05, 3.63) is 69.6 Å². The summed E-state index contributed by atoms with van der Waals surface area (Å²) in [5.74, 6) is -0.330. The second-order valence-corrected chi connectivity index (χ2v) is 6.34. The molecule has 1 aliphatic rings. The minimum atomic E-state index is -0.362. The van der Waals surface area contributed by atoms with E-state index in [1.54, 1.807) is 12.1 Å². The predicted octanol–water partition coefficient (Wildman–Crippen LogP) is 1.20. The average Bonchev–Trinajstić information content (AvgIpc) is 2.93. The number of aromatic nitrogens is 1. The average molecular weight is 311 g/mol. The summed E-state index contributed by atoms with van der Waals surface area (Å²) in [5, 5.41) is 2.94. The highest BCUT2D eigenvalue weighted by Gasteiger charge is 2.39. The molecule has 0 unspecified atom stereocenters. The number of H-pyrrole nitrogens is 1. The summed E-state index contributed by atoms with van der Waals surface area (Å²) in [4.78, 5) is 28.7. The van der Waals surface area contributed by atoms with E-state index in [1.807, 2.05) is 26.2 Å². The van der Waals surface area contributed by atoms with Crippen LogP contribution < -0.4 is 10.9 Å². The maximum absolute atomic E-state index is 12.3. The summed E-state index contributed by atoms with van der Waals surface area (Å²) in [6, 6.07) is 11.6. The third kappa shape index (κ3) is 2.92. The second-order valence-electron chi connectivity index (χ2n) is 6.34. The lowest BCUT2D eigenvalue weighted by atomic mass is 9.94. The Morgan fingerprint density at radius 1 is 1.17 bits per heavy atom. The Bertz CT molecular complexity index is 755. The van der Waals surface area contributed by atoms with E-state index >= 15 is 0 Å². The molecule has 0 bridgehead atoms. The molecule has 1 aliphatic carbocycles. The molecule has 2 aromatic rings. The van der Waals surface area contributed by atoms with Gasteiger partial charge in [-0.25, -0.2) is 0 Å². The second kappa shape index (κ2) is 6.01. The van der Waals surface area contributed by atoms with Crippen molar-refractivity contribution in [2.75, 3.05) is 20.6 Å². The molecular weight excluding hydrogens is 290 g/mol. The van der Waals surface area contributed by atoms with Crippen molar-refractivity contribution in [3.63, 3.8) is 0 Å². The Morgan fingerprint density at radius 3 is 2.39 bits per heavy atom. The van der Waals surface area contributed by atoms with Crippen molar-refractivity contribution in [2.45, 2.75) is 18.4 Å². The first-order valence-corrected chi connectivity index (χ1v) is 7.72. The fourth-order valence-corrected chi connectivity index (χ4v) is 3.21. The fourth-order valence-electron chi connectivity index (χ4n) is 3.21. The Balaban J connectivity index is 1.77. The third-order valence-electron chi connectivity index (χ3n) is 4.75. The normalized spacial score (nSPS) is 15.4. The zero-order chi connectivity index (χ0) is 16.4. The van der Waals surface area contributed by atoms with E-state index in [-0.39, 0.29) is 22.6 Å². The van der Waals surface area contributed by atoms with Gasteiger partial charge in [0, 0.05) is 18.3 Å². The largest absolute Gasteiger partial charge is 0.350 e. The van der Waals surface area contributed by atoms with Gasteiger partial charge in [0.05, 0.1) is 0 Å². The number of nitrogens with one attached hydrogen (secondary N) is 2. The van der Waals surface area contributed by atoms with Gasteiger partial charge in [-0.3, -0.25) is 9.59 Å². The summed E-state index contributed by atoms with van der Waals surface area (Å²) >= 11 is 0. The number of carbonyl (C=O) groups is 1. The zero-order valence-corrected chi connectivity index (χ0v) is 13.4. The van der Waals surface area contributed by atoms with Crippen LogP contribution in [0.2, 0.25) is 0 Å². The van der Waals surface area contributed by atoms with Crippen molar-refractivity contribution in [2.24, 2.45) is 0 Å². The van der Waals surface area contributed by atoms with E-state index in [0.29, 0.717) is 6.54 Å². The van der Waals surface area contributed by atoms with E-state index in [2.05, 4.69) is 27.3 Å². The summed E-state index contributed by atoms with van der Waals surface area (Å²) in [6.45, 7) is 0.502. The quantitative estimate of drug-likeness (QED) is 0.892. The van der Waals surface area contributed by atoms with E-state index in [1.165, 1.54) is 17.3 Å². The molecule has 5 nitrogen and oxygen atoms in total. The van der Waals surface area contributed by atoms with Crippen LogP contribution in [0.5, 0.6) is 0 Å². The number of aromatic amines is 1. The number of rotatable bonds is 4. The van der Waals surface area contributed by atoms with Gasteiger partial charge in [0.15, 0.2) is 0 Å². The molecule has 1 aromatic carbocycles. The number of amides is 1. The Morgan fingerprint density at radius 2 is 1.83 bits per heavy atom. The van der Waals surface area contributed by atoms with E-state index in [9.17, 15) is 9.59 Å². The van der Waals surface area contributed by atoms with Crippen LogP contribution in [0.4, 0.5) is 0 Å². The summed E-state index contributed by atoms with van der Waals surface area (Å²) in [6.07, 6.45) is 3.30. The lowest BCUT2D eigenvalue weighted by Gasteiger charge is -2.36. The number of pyridine rings is 1. The van der Waals surface area contributed by atoms with Crippen LogP contribution in [0.3, 0.4) is 0 Å². The van der Waals surface area contributed by atoms with Gasteiger partial charge in [-0.1, -0.05) is 24.3 Å². The summed E-state index contributed by atoms with van der Waals surface area (Å²) in [5.41, 5.74) is 2.29. The molecule has 1 heterocycles. The van der Waals surface area contributed by atoms with E-state index in [0.717, 1.165) is 12.8 Å². The standard InChI is InChI=1S/C18H21N3O2/c1-21(2)18(10-13-6-3-4-7-14(13)11-18)12-20-17(23)15-8-5-9-19-16(15)22/h3-9H,10-12H2,1-2H3,(H,19,22)(H,20,23). The summed E-state index contributed by atoms with van der Waals surface area (Å²) in [7, 11) is 4.07. The highest BCUT2D eigenvalue weighted by Crippen LogP contribution is 2.33. The molecule has 0 saturated heterocycles. The molecule has 0 fully saturated rings.